The molecule has 16 heavy (non-hydrogen) atoms. The number of nitrogens with zero attached hydrogens (tertiary/aromatic N) is 2. The minimum atomic E-state index is 0.174. The summed E-state index contributed by atoms with van der Waals surface area (Å²) in [6.07, 6.45) is 1.14. The quantitative estimate of drug-likeness (QED) is 0.711. The molecular formula is C12H27N3O. The van der Waals surface area contributed by atoms with E-state index in [9.17, 15) is 5.11 Å². The van der Waals surface area contributed by atoms with Crippen LogP contribution in [0.5, 0.6) is 0 Å². The van der Waals surface area contributed by atoms with Gasteiger partial charge in [0.1, 0.15) is 0 Å². The maximum absolute atomic E-state index is 9.49. The van der Waals surface area contributed by atoms with E-state index in [4.69, 9.17) is 0 Å². The molecule has 0 spiro atoms. The Morgan fingerprint density at radius 3 is 2.69 bits per heavy atom. The van der Waals surface area contributed by atoms with E-state index in [-0.39, 0.29) is 18.2 Å². The van der Waals surface area contributed by atoms with Crippen LogP contribution in [-0.2, 0) is 0 Å². The summed E-state index contributed by atoms with van der Waals surface area (Å²) in [6, 6.07) is 0.248. The van der Waals surface area contributed by atoms with Crippen molar-refractivity contribution in [1.29, 1.82) is 0 Å². The summed E-state index contributed by atoms with van der Waals surface area (Å²) in [7, 11) is 4.19. The Labute approximate surface area is 99.6 Å². The SMILES string of the molecule is CN(C)CCN1C(CO)CNCCC1(C)C. The van der Waals surface area contributed by atoms with Crippen molar-refractivity contribution in [2.45, 2.75) is 31.8 Å². The fourth-order valence-corrected chi connectivity index (χ4v) is 2.37. The highest BCUT2D eigenvalue weighted by molar-refractivity contribution is 4.91. The van der Waals surface area contributed by atoms with Gasteiger partial charge in [-0.3, -0.25) is 4.90 Å². The van der Waals surface area contributed by atoms with Gasteiger partial charge in [-0.2, -0.15) is 0 Å². The molecule has 1 fully saturated rings. The summed E-state index contributed by atoms with van der Waals surface area (Å²) in [5, 5.41) is 12.9. The number of nitrogens with one attached hydrogen (secondary N) is 1. The molecule has 1 aliphatic heterocycles. The maximum atomic E-state index is 9.49. The molecular weight excluding hydrogens is 202 g/mol. The highest BCUT2D eigenvalue weighted by atomic mass is 16.3. The van der Waals surface area contributed by atoms with Gasteiger partial charge in [0, 0.05) is 31.2 Å². The minimum Gasteiger partial charge on any atom is -0.395 e. The van der Waals surface area contributed by atoms with Crippen LogP contribution in [0.25, 0.3) is 0 Å². The van der Waals surface area contributed by atoms with E-state index in [1.807, 2.05) is 0 Å². The number of aliphatic hydroxyl groups is 1. The average Bonchev–Trinajstić information content (AvgIpc) is 2.33. The molecule has 0 radical (unpaired) electrons. The molecule has 0 aromatic heterocycles. The molecule has 0 bridgehead atoms. The molecule has 1 heterocycles. The third-order valence-corrected chi connectivity index (χ3v) is 3.51. The van der Waals surface area contributed by atoms with E-state index >= 15 is 0 Å². The van der Waals surface area contributed by atoms with Gasteiger partial charge in [0.25, 0.3) is 0 Å². The van der Waals surface area contributed by atoms with Gasteiger partial charge in [0.05, 0.1) is 6.61 Å². The fraction of sp³-hybridized carbons (Fsp3) is 1.00. The summed E-state index contributed by atoms with van der Waals surface area (Å²) in [5.41, 5.74) is 0.174. The van der Waals surface area contributed by atoms with Crippen LogP contribution >= 0.6 is 0 Å². The smallest absolute Gasteiger partial charge is 0.0599 e. The van der Waals surface area contributed by atoms with Crippen molar-refractivity contribution in [2.24, 2.45) is 0 Å². The van der Waals surface area contributed by atoms with E-state index in [1.165, 1.54) is 0 Å². The van der Waals surface area contributed by atoms with Gasteiger partial charge in [-0.25, -0.2) is 0 Å². The first-order chi connectivity index (χ1) is 7.47. The van der Waals surface area contributed by atoms with Crippen molar-refractivity contribution in [3.8, 4) is 0 Å². The molecule has 96 valence electrons. The van der Waals surface area contributed by atoms with Crippen molar-refractivity contribution in [3.63, 3.8) is 0 Å². The first-order valence-corrected chi connectivity index (χ1v) is 6.20. The van der Waals surface area contributed by atoms with Crippen LogP contribution in [0.1, 0.15) is 20.3 Å². The van der Waals surface area contributed by atoms with Gasteiger partial charge in [0.15, 0.2) is 0 Å². The van der Waals surface area contributed by atoms with Gasteiger partial charge in [0.2, 0.25) is 0 Å². The largest absolute Gasteiger partial charge is 0.395 e. The Morgan fingerprint density at radius 1 is 1.44 bits per heavy atom. The van der Waals surface area contributed by atoms with Gasteiger partial charge in [-0.1, -0.05) is 0 Å². The van der Waals surface area contributed by atoms with Crippen molar-refractivity contribution in [1.82, 2.24) is 15.1 Å². The molecule has 1 unspecified atom stereocenters. The van der Waals surface area contributed by atoms with E-state index in [0.29, 0.717) is 0 Å². The van der Waals surface area contributed by atoms with E-state index in [0.717, 1.165) is 32.6 Å². The fourth-order valence-electron chi connectivity index (χ4n) is 2.37. The minimum absolute atomic E-state index is 0.174. The maximum Gasteiger partial charge on any atom is 0.0599 e. The number of likely N-dealkylation sites (N-methyl/N-ethyl adjacent to an activating group) is 1. The second-order valence-corrected chi connectivity index (χ2v) is 5.60. The van der Waals surface area contributed by atoms with Crippen LogP contribution in [0.15, 0.2) is 0 Å². The van der Waals surface area contributed by atoms with Gasteiger partial charge in [-0.05, 0) is 40.9 Å². The predicted octanol–water partition coefficient (Wildman–Crippen LogP) is -0.0172. The molecule has 4 heteroatoms. The summed E-state index contributed by atoms with van der Waals surface area (Å²) < 4.78 is 0. The Morgan fingerprint density at radius 2 is 2.12 bits per heavy atom. The molecule has 0 aliphatic carbocycles. The molecule has 1 atom stereocenters. The monoisotopic (exact) mass is 229 g/mol. The predicted molar refractivity (Wildman–Crippen MR) is 67.7 cm³/mol. The molecule has 1 saturated heterocycles. The molecule has 0 saturated carbocycles. The first-order valence-electron chi connectivity index (χ1n) is 6.20. The highest BCUT2D eigenvalue weighted by Gasteiger charge is 2.33. The van der Waals surface area contributed by atoms with E-state index in [2.05, 4.69) is 43.1 Å². The van der Waals surface area contributed by atoms with Crippen molar-refractivity contribution >= 4 is 0 Å². The third kappa shape index (κ3) is 3.70. The summed E-state index contributed by atoms with van der Waals surface area (Å²) in [4.78, 5) is 4.65. The lowest BCUT2D eigenvalue weighted by atomic mass is 9.97. The average molecular weight is 229 g/mol. The van der Waals surface area contributed by atoms with E-state index in [1.54, 1.807) is 0 Å². The third-order valence-electron chi connectivity index (χ3n) is 3.51. The van der Waals surface area contributed by atoms with Gasteiger partial charge < -0.3 is 15.3 Å². The zero-order valence-electron chi connectivity index (χ0n) is 11.2. The van der Waals surface area contributed by atoms with Crippen LogP contribution < -0.4 is 5.32 Å². The normalized spacial score (nSPS) is 27.0. The number of hydrogen-bond donors (Lipinski definition) is 2. The molecule has 1 rings (SSSR count). The Kier molecular flexibility index (Phi) is 5.18. The number of hydrogen-bond acceptors (Lipinski definition) is 4. The highest BCUT2D eigenvalue weighted by Crippen LogP contribution is 2.23. The number of aliphatic hydroxyl groups excluding tert-OH is 1. The Bertz CT molecular complexity index is 206. The molecule has 0 amide bonds. The zero-order valence-corrected chi connectivity index (χ0v) is 11.2. The molecule has 2 N–H and O–H groups in total. The van der Waals surface area contributed by atoms with Crippen LogP contribution in [-0.4, -0.2) is 73.4 Å². The van der Waals surface area contributed by atoms with Gasteiger partial charge >= 0.3 is 0 Å². The zero-order chi connectivity index (χ0) is 12.2. The standard InChI is InChI=1S/C12H27N3O/c1-12(2)5-6-13-9-11(10-16)15(12)8-7-14(3)4/h11,13,16H,5-10H2,1-4H3. The lowest BCUT2D eigenvalue weighted by Crippen LogP contribution is -2.54. The summed E-state index contributed by atoms with van der Waals surface area (Å²) in [6.45, 7) is 8.79. The molecule has 0 aromatic carbocycles. The summed E-state index contributed by atoms with van der Waals surface area (Å²) >= 11 is 0. The van der Waals surface area contributed by atoms with Crippen LogP contribution in [0, 0.1) is 0 Å². The van der Waals surface area contributed by atoms with Crippen molar-refractivity contribution in [3.05, 3.63) is 0 Å². The van der Waals surface area contributed by atoms with Crippen LogP contribution in [0.2, 0.25) is 0 Å². The van der Waals surface area contributed by atoms with Crippen LogP contribution in [0.3, 0.4) is 0 Å². The second kappa shape index (κ2) is 5.96. The second-order valence-electron chi connectivity index (χ2n) is 5.60. The van der Waals surface area contributed by atoms with Crippen molar-refractivity contribution in [2.75, 3.05) is 46.9 Å². The Hall–Kier alpha value is -0.160. The molecule has 4 nitrogen and oxygen atoms in total. The van der Waals surface area contributed by atoms with Crippen LogP contribution in [0.4, 0.5) is 0 Å². The molecule has 0 aromatic rings. The van der Waals surface area contributed by atoms with E-state index < -0.39 is 0 Å². The summed E-state index contributed by atoms with van der Waals surface area (Å²) in [5.74, 6) is 0. The number of rotatable bonds is 4. The van der Waals surface area contributed by atoms with Crippen molar-refractivity contribution < 1.29 is 5.11 Å². The first kappa shape index (κ1) is 13.9. The topological polar surface area (TPSA) is 38.7 Å². The Balaban J connectivity index is 2.68. The lowest BCUT2D eigenvalue weighted by Gasteiger charge is -2.41. The molecule has 1 aliphatic rings. The lowest BCUT2D eigenvalue weighted by molar-refractivity contribution is 0.0402. The van der Waals surface area contributed by atoms with Gasteiger partial charge in [-0.15, -0.1) is 0 Å².